The van der Waals surface area contributed by atoms with Gasteiger partial charge in [-0.1, -0.05) is 6.07 Å². The molecule has 0 unspecified atom stereocenters. The molecule has 3 fully saturated rings. The van der Waals surface area contributed by atoms with Crippen molar-refractivity contribution in [2.24, 2.45) is 5.92 Å². The Kier molecular flexibility index (Phi) is 7.55. The van der Waals surface area contributed by atoms with E-state index in [2.05, 4.69) is 9.80 Å². The van der Waals surface area contributed by atoms with Crippen molar-refractivity contribution in [1.82, 2.24) is 14.7 Å². The first-order valence-corrected chi connectivity index (χ1v) is 12.2. The highest BCUT2D eigenvalue weighted by Gasteiger charge is 2.34. The lowest BCUT2D eigenvalue weighted by Gasteiger charge is -2.42. The van der Waals surface area contributed by atoms with Crippen molar-refractivity contribution in [1.29, 1.82) is 0 Å². The average molecular weight is 444 g/mol. The molecule has 7 heteroatoms. The molecule has 0 bridgehead atoms. The SMILES string of the molecule is COc1cccc(OC)c1C(=O)N1CCC(N2CCC(C(=O)N3CCCCC3)CC2)CC1. The van der Waals surface area contributed by atoms with E-state index in [-0.39, 0.29) is 11.8 Å². The van der Waals surface area contributed by atoms with E-state index in [9.17, 15) is 9.59 Å². The lowest BCUT2D eigenvalue weighted by molar-refractivity contribution is -0.138. The Balaban J connectivity index is 1.28. The van der Waals surface area contributed by atoms with Crippen LogP contribution in [-0.2, 0) is 4.79 Å². The second kappa shape index (κ2) is 10.6. The molecular formula is C25H37N3O4. The van der Waals surface area contributed by atoms with Crippen LogP contribution in [-0.4, -0.2) is 86.0 Å². The summed E-state index contributed by atoms with van der Waals surface area (Å²) in [5.41, 5.74) is 0.507. The van der Waals surface area contributed by atoms with Crippen molar-refractivity contribution >= 4 is 11.8 Å². The Morgan fingerprint density at radius 2 is 1.38 bits per heavy atom. The van der Waals surface area contributed by atoms with Gasteiger partial charge >= 0.3 is 0 Å². The van der Waals surface area contributed by atoms with Crippen LogP contribution in [0, 0.1) is 5.92 Å². The predicted molar refractivity (Wildman–Crippen MR) is 123 cm³/mol. The molecule has 1 aromatic carbocycles. The molecule has 0 atom stereocenters. The molecular weight excluding hydrogens is 406 g/mol. The molecule has 3 aliphatic rings. The number of ether oxygens (including phenoxy) is 2. The number of hydrogen-bond acceptors (Lipinski definition) is 5. The standard InChI is InChI=1S/C25H37N3O4/c1-31-21-7-6-8-22(32-2)23(21)25(30)28-17-11-20(12-18-28)26-15-9-19(10-16-26)24(29)27-13-4-3-5-14-27/h6-8,19-20H,3-5,9-18H2,1-2H3. The van der Waals surface area contributed by atoms with Crippen LogP contribution in [0.15, 0.2) is 18.2 Å². The molecule has 0 saturated carbocycles. The first-order chi connectivity index (χ1) is 15.6. The van der Waals surface area contributed by atoms with E-state index in [4.69, 9.17) is 9.47 Å². The summed E-state index contributed by atoms with van der Waals surface area (Å²) in [7, 11) is 3.16. The van der Waals surface area contributed by atoms with E-state index in [1.807, 2.05) is 11.0 Å². The zero-order valence-electron chi connectivity index (χ0n) is 19.6. The van der Waals surface area contributed by atoms with Crippen molar-refractivity contribution in [2.75, 3.05) is 53.5 Å². The number of hydrogen-bond donors (Lipinski definition) is 0. The Morgan fingerprint density at radius 3 is 1.94 bits per heavy atom. The summed E-state index contributed by atoms with van der Waals surface area (Å²) in [4.78, 5) is 32.6. The first kappa shape index (κ1) is 22.9. The molecule has 3 aliphatic heterocycles. The topological polar surface area (TPSA) is 62.3 Å². The summed E-state index contributed by atoms with van der Waals surface area (Å²) in [5, 5.41) is 0. The summed E-state index contributed by atoms with van der Waals surface area (Å²) in [5.74, 6) is 1.66. The Bertz CT molecular complexity index is 770. The third-order valence-corrected chi connectivity index (χ3v) is 7.46. The second-order valence-electron chi connectivity index (χ2n) is 9.26. The molecule has 3 heterocycles. The highest BCUT2D eigenvalue weighted by Crippen LogP contribution is 2.31. The van der Waals surface area contributed by atoms with Crippen LogP contribution in [0.3, 0.4) is 0 Å². The van der Waals surface area contributed by atoms with E-state index in [0.717, 1.165) is 77.8 Å². The fourth-order valence-corrected chi connectivity index (χ4v) is 5.54. The number of amides is 2. The van der Waals surface area contributed by atoms with Gasteiger partial charge in [0.05, 0.1) is 14.2 Å². The van der Waals surface area contributed by atoms with Gasteiger partial charge in [-0.15, -0.1) is 0 Å². The van der Waals surface area contributed by atoms with Crippen LogP contribution in [0.4, 0.5) is 0 Å². The molecule has 4 rings (SSSR count). The van der Waals surface area contributed by atoms with Crippen LogP contribution in [0.25, 0.3) is 0 Å². The maximum Gasteiger partial charge on any atom is 0.261 e. The first-order valence-electron chi connectivity index (χ1n) is 12.2. The largest absolute Gasteiger partial charge is 0.496 e. The van der Waals surface area contributed by atoms with Gasteiger partial charge in [0, 0.05) is 38.1 Å². The van der Waals surface area contributed by atoms with Gasteiger partial charge in [-0.05, 0) is 70.2 Å². The molecule has 0 spiro atoms. The second-order valence-corrected chi connectivity index (χ2v) is 9.26. The lowest BCUT2D eigenvalue weighted by Crippen LogP contribution is -2.50. The van der Waals surface area contributed by atoms with Gasteiger partial charge in [-0.25, -0.2) is 0 Å². The number of rotatable bonds is 5. The lowest BCUT2D eigenvalue weighted by atomic mass is 9.91. The van der Waals surface area contributed by atoms with Crippen molar-refractivity contribution in [3.8, 4) is 11.5 Å². The monoisotopic (exact) mass is 443 g/mol. The van der Waals surface area contributed by atoms with Gasteiger partial charge in [0.2, 0.25) is 5.91 Å². The van der Waals surface area contributed by atoms with Crippen LogP contribution < -0.4 is 9.47 Å². The van der Waals surface area contributed by atoms with Crippen molar-refractivity contribution < 1.29 is 19.1 Å². The third-order valence-electron chi connectivity index (χ3n) is 7.46. The van der Waals surface area contributed by atoms with E-state index in [1.54, 1.807) is 26.4 Å². The quantitative estimate of drug-likeness (QED) is 0.700. The fraction of sp³-hybridized carbons (Fsp3) is 0.680. The predicted octanol–water partition coefficient (Wildman–Crippen LogP) is 3.03. The summed E-state index contributed by atoms with van der Waals surface area (Å²) in [6.45, 7) is 5.34. The van der Waals surface area contributed by atoms with E-state index in [1.165, 1.54) is 6.42 Å². The Labute approximate surface area is 191 Å². The molecule has 0 aromatic heterocycles. The van der Waals surface area contributed by atoms with E-state index < -0.39 is 0 Å². The zero-order valence-corrected chi connectivity index (χ0v) is 19.6. The van der Waals surface area contributed by atoms with Crippen molar-refractivity contribution in [3.63, 3.8) is 0 Å². The summed E-state index contributed by atoms with van der Waals surface area (Å²) >= 11 is 0. The maximum atomic E-state index is 13.2. The van der Waals surface area contributed by atoms with Gasteiger partial charge in [0.15, 0.2) is 0 Å². The number of likely N-dealkylation sites (tertiary alicyclic amines) is 3. The van der Waals surface area contributed by atoms with Gasteiger partial charge in [-0.2, -0.15) is 0 Å². The minimum Gasteiger partial charge on any atom is -0.496 e. The summed E-state index contributed by atoms with van der Waals surface area (Å²) < 4.78 is 10.8. The van der Waals surface area contributed by atoms with Gasteiger partial charge < -0.3 is 24.2 Å². The molecule has 2 amide bonds. The van der Waals surface area contributed by atoms with Crippen LogP contribution in [0.1, 0.15) is 55.3 Å². The van der Waals surface area contributed by atoms with Gasteiger partial charge in [0.25, 0.3) is 5.91 Å². The summed E-state index contributed by atoms with van der Waals surface area (Å²) in [6, 6.07) is 5.93. The molecule has 7 nitrogen and oxygen atoms in total. The van der Waals surface area contributed by atoms with Crippen LogP contribution in [0.5, 0.6) is 11.5 Å². The van der Waals surface area contributed by atoms with Crippen LogP contribution >= 0.6 is 0 Å². The van der Waals surface area contributed by atoms with Gasteiger partial charge in [-0.3, -0.25) is 9.59 Å². The number of benzene rings is 1. The zero-order chi connectivity index (χ0) is 22.5. The van der Waals surface area contributed by atoms with E-state index >= 15 is 0 Å². The Morgan fingerprint density at radius 1 is 0.781 bits per heavy atom. The Hall–Kier alpha value is -2.28. The van der Waals surface area contributed by atoms with Gasteiger partial charge in [0.1, 0.15) is 17.1 Å². The molecule has 0 aliphatic carbocycles. The number of carbonyl (C=O) groups excluding carboxylic acids is 2. The summed E-state index contributed by atoms with van der Waals surface area (Å²) in [6.07, 6.45) is 7.43. The highest BCUT2D eigenvalue weighted by atomic mass is 16.5. The number of nitrogens with zero attached hydrogens (tertiary/aromatic N) is 3. The molecule has 32 heavy (non-hydrogen) atoms. The third kappa shape index (κ3) is 4.87. The minimum absolute atomic E-state index is 0.0245. The van der Waals surface area contributed by atoms with Crippen molar-refractivity contribution in [2.45, 2.75) is 51.0 Å². The smallest absolute Gasteiger partial charge is 0.261 e. The molecule has 176 valence electrons. The number of carbonyl (C=O) groups is 2. The fourth-order valence-electron chi connectivity index (χ4n) is 5.54. The normalized spacial score (nSPS) is 21.4. The van der Waals surface area contributed by atoms with Crippen LogP contribution in [0.2, 0.25) is 0 Å². The molecule has 3 saturated heterocycles. The van der Waals surface area contributed by atoms with E-state index in [0.29, 0.717) is 29.0 Å². The minimum atomic E-state index is -0.0245. The number of piperidine rings is 3. The molecule has 1 aromatic rings. The van der Waals surface area contributed by atoms with Crippen molar-refractivity contribution in [3.05, 3.63) is 23.8 Å². The number of methoxy groups -OCH3 is 2. The highest BCUT2D eigenvalue weighted by molar-refractivity contribution is 5.99. The molecule has 0 N–H and O–H groups in total. The average Bonchev–Trinajstić information content (AvgIpc) is 2.88. The maximum absolute atomic E-state index is 13.2. The molecule has 0 radical (unpaired) electrons.